The number of rotatable bonds is 6. The molecule has 2 saturated heterocycles. The molecule has 0 aromatic heterocycles. The van der Waals surface area contributed by atoms with E-state index in [1.807, 2.05) is 59.5 Å². The molecule has 2 fully saturated rings. The number of aliphatic hydroxyl groups is 1. The Labute approximate surface area is 165 Å². The first-order chi connectivity index (χ1) is 13.7. The van der Waals surface area contributed by atoms with E-state index >= 15 is 0 Å². The molecule has 5 nitrogen and oxygen atoms in total. The van der Waals surface area contributed by atoms with E-state index in [1.165, 1.54) is 0 Å². The molecule has 2 aromatic rings. The fourth-order valence-electron chi connectivity index (χ4n) is 4.30. The molecule has 2 heterocycles. The van der Waals surface area contributed by atoms with E-state index < -0.39 is 0 Å². The summed E-state index contributed by atoms with van der Waals surface area (Å²) in [5.74, 6) is 1.05. The maximum Gasteiger partial charge on any atom is 0.227 e. The Hall–Kier alpha value is -2.37. The van der Waals surface area contributed by atoms with E-state index in [2.05, 4.69) is 0 Å². The van der Waals surface area contributed by atoms with Crippen molar-refractivity contribution in [3.8, 4) is 5.75 Å². The summed E-state index contributed by atoms with van der Waals surface area (Å²) in [7, 11) is 0. The zero-order chi connectivity index (χ0) is 19.4. The van der Waals surface area contributed by atoms with Crippen LogP contribution in [0.2, 0.25) is 0 Å². The first kappa shape index (κ1) is 19.0. The van der Waals surface area contributed by atoms with Gasteiger partial charge in [-0.05, 0) is 18.1 Å². The second kappa shape index (κ2) is 8.33. The third-order valence-electron chi connectivity index (χ3n) is 6.09. The Morgan fingerprint density at radius 3 is 2.75 bits per heavy atom. The summed E-state index contributed by atoms with van der Waals surface area (Å²) in [6, 6.07) is 17.7. The number of hydrogen-bond donors (Lipinski definition) is 1. The topological polar surface area (TPSA) is 59.0 Å². The number of ether oxygens (including phenoxy) is 2. The second-order valence-corrected chi connectivity index (χ2v) is 7.88. The lowest BCUT2D eigenvalue weighted by Crippen LogP contribution is -2.41. The fraction of sp³-hybridized carbons (Fsp3) is 0.435. The molecule has 0 saturated carbocycles. The third kappa shape index (κ3) is 3.91. The predicted octanol–water partition coefficient (Wildman–Crippen LogP) is 2.67. The summed E-state index contributed by atoms with van der Waals surface area (Å²) in [6.45, 7) is 3.15. The number of aliphatic hydroxyl groups excluding tert-OH is 1. The highest BCUT2D eigenvalue weighted by atomic mass is 16.5. The van der Waals surface area contributed by atoms with Crippen LogP contribution in [0.25, 0.3) is 0 Å². The Kier molecular flexibility index (Phi) is 5.64. The maximum absolute atomic E-state index is 13.0. The van der Waals surface area contributed by atoms with Gasteiger partial charge in [0.1, 0.15) is 12.4 Å². The number of likely N-dealkylation sites (tertiary alicyclic amines) is 1. The van der Waals surface area contributed by atoms with E-state index in [9.17, 15) is 9.90 Å². The summed E-state index contributed by atoms with van der Waals surface area (Å²) >= 11 is 0. The lowest BCUT2D eigenvalue weighted by Gasteiger charge is -2.36. The zero-order valence-corrected chi connectivity index (χ0v) is 16.0. The number of nitrogens with zero attached hydrogens (tertiary/aromatic N) is 1. The SMILES string of the molecule is O=C(Cc1ccccc1OCc1ccccc1)N1C[C@@H]2COCC[C@]2(CO)C1. The quantitative estimate of drug-likeness (QED) is 0.836. The minimum absolute atomic E-state index is 0.0815. The molecule has 0 aliphatic carbocycles. The van der Waals surface area contributed by atoms with Gasteiger partial charge in [-0.3, -0.25) is 4.79 Å². The molecular weight excluding hydrogens is 354 g/mol. The van der Waals surface area contributed by atoms with Gasteiger partial charge in [-0.25, -0.2) is 0 Å². The molecule has 0 unspecified atom stereocenters. The number of amides is 1. The van der Waals surface area contributed by atoms with Gasteiger partial charge in [-0.1, -0.05) is 48.5 Å². The molecule has 0 spiro atoms. The smallest absolute Gasteiger partial charge is 0.227 e. The molecule has 1 amide bonds. The molecule has 0 radical (unpaired) electrons. The van der Waals surface area contributed by atoms with Crippen LogP contribution in [0.1, 0.15) is 17.5 Å². The van der Waals surface area contributed by atoms with Crippen molar-refractivity contribution in [2.24, 2.45) is 11.3 Å². The molecule has 2 atom stereocenters. The number of para-hydroxylation sites is 1. The molecule has 28 heavy (non-hydrogen) atoms. The summed E-state index contributed by atoms with van der Waals surface area (Å²) in [5.41, 5.74) is 1.79. The van der Waals surface area contributed by atoms with Gasteiger partial charge in [-0.2, -0.15) is 0 Å². The van der Waals surface area contributed by atoms with Crippen molar-refractivity contribution in [2.75, 3.05) is 32.9 Å². The molecule has 2 aromatic carbocycles. The average Bonchev–Trinajstić information content (AvgIpc) is 3.14. The van der Waals surface area contributed by atoms with Gasteiger partial charge in [0, 0.05) is 36.6 Å². The Bertz CT molecular complexity index is 809. The van der Waals surface area contributed by atoms with E-state index in [-0.39, 0.29) is 23.8 Å². The van der Waals surface area contributed by atoms with Crippen LogP contribution in [0.5, 0.6) is 5.75 Å². The van der Waals surface area contributed by atoms with Crippen LogP contribution in [0.3, 0.4) is 0 Å². The largest absolute Gasteiger partial charge is 0.489 e. The number of carbonyl (C=O) groups excluding carboxylic acids is 1. The van der Waals surface area contributed by atoms with E-state index in [4.69, 9.17) is 9.47 Å². The number of carbonyl (C=O) groups is 1. The van der Waals surface area contributed by atoms with Crippen LogP contribution in [0, 0.1) is 11.3 Å². The summed E-state index contributed by atoms with van der Waals surface area (Å²) < 4.78 is 11.6. The monoisotopic (exact) mass is 381 g/mol. The van der Waals surface area contributed by atoms with Crippen molar-refractivity contribution in [3.63, 3.8) is 0 Å². The molecular formula is C23H27NO4. The third-order valence-corrected chi connectivity index (χ3v) is 6.09. The highest BCUT2D eigenvalue weighted by Crippen LogP contribution is 2.42. The minimum atomic E-state index is -0.197. The Morgan fingerprint density at radius 2 is 1.96 bits per heavy atom. The Morgan fingerprint density at radius 1 is 1.18 bits per heavy atom. The van der Waals surface area contributed by atoms with Gasteiger partial charge < -0.3 is 19.5 Å². The highest BCUT2D eigenvalue weighted by molar-refractivity contribution is 5.80. The average molecular weight is 381 g/mol. The lowest BCUT2D eigenvalue weighted by atomic mass is 9.75. The summed E-state index contributed by atoms with van der Waals surface area (Å²) in [5, 5.41) is 9.95. The number of fused-ring (bicyclic) bond motifs is 1. The van der Waals surface area contributed by atoms with Gasteiger partial charge in [-0.15, -0.1) is 0 Å². The van der Waals surface area contributed by atoms with Gasteiger partial charge in [0.2, 0.25) is 5.91 Å². The molecule has 2 aliphatic rings. The predicted molar refractivity (Wildman–Crippen MR) is 106 cm³/mol. The molecule has 4 rings (SSSR count). The summed E-state index contributed by atoms with van der Waals surface area (Å²) in [4.78, 5) is 14.9. The van der Waals surface area contributed by atoms with Crippen molar-refractivity contribution in [1.29, 1.82) is 0 Å². The lowest BCUT2D eigenvalue weighted by molar-refractivity contribution is -0.130. The zero-order valence-electron chi connectivity index (χ0n) is 16.0. The van der Waals surface area contributed by atoms with E-state index in [1.54, 1.807) is 0 Å². The molecule has 2 aliphatic heterocycles. The standard InChI is InChI=1S/C23H27NO4/c25-17-23-10-11-27-15-20(23)13-24(16-23)22(26)12-19-8-4-5-9-21(19)28-14-18-6-2-1-3-7-18/h1-9,20,25H,10-17H2/t20-,23-/m1/s1. The van der Waals surface area contributed by atoms with Crippen LogP contribution in [0.4, 0.5) is 0 Å². The Balaban J connectivity index is 1.42. The molecule has 148 valence electrons. The van der Waals surface area contributed by atoms with Crippen molar-refractivity contribution >= 4 is 5.91 Å². The van der Waals surface area contributed by atoms with Crippen LogP contribution in [-0.2, 0) is 22.6 Å². The molecule has 5 heteroatoms. The molecule has 0 bridgehead atoms. The second-order valence-electron chi connectivity index (χ2n) is 7.88. The van der Waals surface area contributed by atoms with E-state index in [0.717, 1.165) is 23.3 Å². The first-order valence-electron chi connectivity index (χ1n) is 9.91. The van der Waals surface area contributed by atoms with Crippen molar-refractivity contribution in [1.82, 2.24) is 4.90 Å². The highest BCUT2D eigenvalue weighted by Gasteiger charge is 2.49. The van der Waals surface area contributed by atoms with Crippen LogP contribution in [0.15, 0.2) is 54.6 Å². The molecule has 1 N–H and O–H groups in total. The summed E-state index contributed by atoms with van der Waals surface area (Å²) in [6.07, 6.45) is 1.12. The van der Waals surface area contributed by atoms with Gasteiger partial charge in [0.05, 0.1) is 19.6 Å². The van der Waals surface area contributed by atoms with Gasteiger partial charge in [0.25, 0.3) is 0 Å². The van der Waals surface area contributed by atoms with Crippen molar-refractivity contribution in [3.05, 3.63) is 65.7 Å². The van der Waals surface area contributed by atoms with Crippen molar-refractivity contribution in [2.45, 2.75) is 19.4 Å². The number of benzene rings is 2. The minimum Gasteiger partial charge on any atom is -0.489 e. The van der Waals surface area contributed by atoms with Gasteiger partial charge >= 0.3 is 0 Å². The first-order valence-corrected chi connectivity index (χ1v) is 9.91. The van der Waals surface area contributed by atoms with E-state index in [0.29, 0.717) is 39.3 Å². The maximum atomic E-state index is 13.0. The van der Waals surface area contributed by atoms with Gasteiger partial charge in [0.15, 0.2) is 0 Å². The normalized spacial score (nSPS) is 24.0. The number of hydrogen-bond acceptors (Lipinski definition) is 4. The van der Waals surface area contributed by atoms with Crippen LogP contribution < -0.4 is 4.74 Å². The van der Waals surface area contributed by atoms with Crippen molar-refractivity contribution < 1.29 is 19.4 Å². The van der Waals surface area contributed by atoms with Crippen LogP contribution >= 0.6 is 0 Å². The van der Waals surface area contributed by atoms with Crippen LogP contribution in [-0.4, -0.2) is 48.8 Å². The fourth-order valence-corrected chi connectivity index (χ4v) is 4.30.